The van der Waals surface area contributed by atoms with Gasteiger partial charge in [0.1, 0.15) is 5.82 Å². The standard InChI is InChI=1S/C27H27ClN4O2S/c1-2-3-15-31(27(34)17-21-12-9-16-35-21)19-26(33)29-25-18-23(20-10-5-4-6-11-20)30-32(25)24-14-8-7-13-22(24)28/h4-14,16,18H,2-3,15,17,19H2,1H3,(H,29,33). The van der Waals surface area contributed by atoms with Crippen molar-refractivity contribution in [2.75, 3.05) is 18.4 Å². The number of carbonyl (C=O) groups is 2. The summed E-state index contributed by atoms with van der Waals surface area (Å²) in [5.41, 5.74) is 2.28. The number of hydrogen-bond donors (Lipinski definition) is 1. The van der Waals surface area contributed by atoms with Gasteiger partial charge in [-0.25, -0.2) is 4.68 Å². The Labute approximate surface area is 214 Å². The van der Waals surface area contributed by atoms with Crippen LogP contribution < -0.4 is 5.32 Å². The quantitative estimate of drug-likeness (QED) is 0.284. The average Bonchev–Trinajstić information content (AvgIpc) is 3.53. The van der Waals surface area contributed by atoms with Gasteiger partial charge in [0.25, 0.3) is 0 Å². The Morgan fingerprint density at radius 3 is 2.54 bits per heavy atom. The van der Waals surface area contributed by atoms with Crippen LogP contribution in [0.5, 0.6) is 0 Å². The van der Waals surface area contributed by atoms with E-state index in [0.29, 0.717) is 35.2 Å². The zero-order chi connectivity index (χ0) is 24.6. The van der Waals surface area contributed by atoms with Crippen LogP contribution in [0.4, 0.5) is 5.82 Å². The minimum Gasteiger partial charge on any atom is -0.333 e. The minimum absolute atomic E-state index is 0.0292. The number of nitrogens with zero attached hydrogens (tertiary/aromatic N) is 3. The van der Waals surface area contributed by atoms with Crippen molar-refractivity contribution in [3.63, 3.8) is 0 Å². The number of unbranched alkanes of at least 4 members (excludes halogenated alkanes) is 1. The number of thiophene rings is 1. The predicted molar refractivity (Wildman–Crippen MR) is 142 cm³/mol. The van der Waals surface area contributed by atoms with Crippen LogP contribution in [-0.2, 0) is 16.0 Å². The van der Waals surface area contributed by atoms with Gasteiger partial charge in [-0.05, 0) is 30.0 Å². The highest BCUT2D eigenvalue weighted by Crippen LogP contribution is 2.28. The molecule has 0 aliphatic rings. The number of benzene rings is 2. The Morgan fingerprint density at radius 2 is 1.83 bits per heavy atom. The number of aromatic nitrogens is 2. The molecule has 1 N–H and O–H groups in total. The van der Waals surface area contributed by atoms with Crippen LogP contribution in [0, 0.1) is 0 Å². The molecule has 35 heavy (non-hydrogen) atoms. The van der Waals surface area contributed by atoms with Gasteiger partial charge in [-0.1, -0.05) is 73.5 Å². The first-order valence-electron chi connectivity index (χ1n) is 11.6. The lowest BCUT2D eigenvalue weighted by molar-refractivity contribution is -0.134. The summed E-state index contributed by atoms with van der Waals surface area (Å²) < 4.78 is 1.63. The third-order valence-corrected chi connectivity index (χ3v) is 6.70. The number of para-hydroxylation sites is 1. The van der Waals surface area contributed by atoms with E-state index in [0.717, 1.165) is 23.3 Å². The zero-order valence-corrected chi connectivity index (χ0v) is 21.1. The lowest BCUT2D eigenvalue weighted by atomic mass is 10.1. The summed E-state index contributed by atoms with van der Waals surface area (Å²) in [6.45, 7) is 2.57. The lowest BCUT2D eigenvalue weighted by Gasteiger charge is -2.22. The number of halogens is 1. The maximum Gasteiger partial charge on any atom is 0.245 e. The lowest BCUT2D eigenvalue weighted by Crippen LogP contribution is -2.39. The van der Waals surface area contributed by atoms with E-state index >= 15 is 0 Å². The largest absolute Gasteiger partial charge is 0.333 e. The molecule has 0 radical (unpaired) electrons. The normalized spacial score (nSPS) is 10.8. The number of nitrogens with one attached hydrogen (secondary N) is 1. The molecule has 2 aromatic carbocycles. The van der Waals surface area contributed by atoms with Crippen LogP contribution in [0.3, 0.4) is 0 Å². The Balaban J connectivity index is 1.57. The summed E-state index contributed by atoms with van der Waals surface area (Å²) in [5.74, 6) is 0.150. The van der Waals surface area contributed by atoms with Crippen LogP contribution in [-0.4, -0.2) is 39.6 Å². The molecule has 0 spiro atoms. The van der Waals surface area contributed by atoms with Crippen molar-refractivity contribution >= 4 is 40.6 Å². The topological polar surface area (TPSA) is 67.2 Å². The van der Waals surface area contributed by atoms with Crippen molar-refractivity contribution in [3.05, 3.63) is 88.1 Å². The fraction of sp³-hybridized carbons (Fsp3) is 0.222. The van der Waals surface area contributed by atoms with E-state index in [1.165, 1.54) is 0 Å². The molecule has 2 amide bonds. The molecule has 0 saturated carbocycles. The molecule has 0 saturated heterocycles. The van der Waals surface area contributed by atoms with Gasteiger partial charge in [0.2, 0.25) is 11.8 Å². The Kier molecular flexibility index (Phi) is 8.34. The summed E-state index contributed by atoms with van der Waals surface area (Å²) in [4.78, 5) is 28.7. The highest BCUT2D eigenvalue weighted by molar-refractivity contribution is 7.10. The number of rotatable bonds is 10. The molecule has 6 nitrogen and oxygen atoms in total. The van der Waals surface area contributed by atoms with Gasteiger partial charge < -0.3 is 10.2 Å². The van der Waals surface area contributed by atoms with E-state index in [1.807, 2.05) is 72.1 Å². The monoisotopic (exact) mass is 506 g/mol. The second-order valence-corrected chi connectivity index (χ2v) is 9.56. The Bertz CT molecular complexity index is 1270. The predicted octanol–water partition coefficient (Wildman–Crippen LogP) is 6.06. The van der Waals surface area contributed by atoms with Crippen molar-refractivity contribution in [3.8, 4) is 16.9 Å². The molecule has 0 atom stereocenters. The molecule has 4 aromatic rings. The fourth-order valence-corrected chi connectivity index (χ4v) is 4.61. The molecule has 0 fully saturated rings. The third-order valence-electron chi connectivity index (χ3n) is 5.50. The van der Waals surface area contributed by atoms with Gasteiger partial charge in [0.15, 0.2) is 0 Å². The fourth-order valence-electron chi connectivity index (χ4n) is 3.70. The van der Waals surface area contributed by atoms with Gasteiger partial charge in [-0.3, -0.25) is 9.59 Å². The van der Waals surface area contributed by atoms with Crippen LogP contribution in [0.25, 0.3) is 16.9 Å². The van der Waals surface area contributed by atoms with E-state index in [-0.39, 0.29) is 18.4 Å². The highest BCUT2D eigenvalue weighted by atomic mass is 35.5. The van der Waals surface area contributed by atoms with Crippen LogP contribution >= 0.6 is 22.9 Å². The van der Waals surface area contributed by atoms with Crippen LogP contribution in [0.1, 0.15) is 24.6 Å². The van der Waals surface area contributed by atoms with Crippen molar-refractivity contribution in [1.29, 1.82) is 0 Å². The van der Waals surface area contributed by atoms with Gasteiger partial charge in [0.05, 0.1) is 29.4 Å². The first-order chi connectivity index (χ1) is 17.0. The number of anilines is 1. The van der Waals surface area contributed by atoms with E-state index in [4.69, 9.17) is 16.7 Å². The summed E-state index contributed by atoms with van der Waals surface area (Å²) in [6, 6.07) is 22.8. The second kappa shape index (κ2) is 11.8. The molecular weight excluding hydrogens is 480 g/mol. The molecule has 8 heteroatoms. The van der Waals surface area contributed by atoms with E-state index in [2.05, 4.69) is 12.2 Å². The Morgan fingerprint density at radius 1 is 1.06 bits per heavy atom. The first kappa shape index (κ1) is 24.7. The average molecular weight is 507 g/mol. The van der Waals surface area contributed by atoms with E-state index in [9.17, 15) is 9.59 Å². The number of amides is 2. The minimum atomic E-state index is -0.284. The van der Waals surface area contributed by atoms with E-state index in [1.54, 1.807) is 27.0 Å². The molecule has 0 bridgehead atoms. The molecule has 2 aromatic heterocycles. The molecule has 0 aliphatic heterocycles. The zero-order valence-electron chi connectivity index (χ0n) is 19.5. The van der Waals surface area contributed by atoms with Crippen LogP contribution in [0.2, 0.25) is 5.02 Å². The molecule has 180 valence electrons. The van der Waals surface area contributed by atoms with Crippen molar-refractivity contribution in [2.45, 2.75) is 26.2 Å². The smallest absolute Gasteiger partial charge is 0.245 e. The molecule has 4 rings (SSSR count). The van der Waals surface area contributed by atoms with E-state index < -0.39 is 0 Å². The van der Waals surface area contributed by atoms with Crippen molar-refractivity contribution < 1.29 is 9.59 Å². The number of carbonyl (C=O) groups excluding carboxylic acids is 2. The van der Waals surface area contributed by atoms with Gasteiger partial charge >= 0.3 is 0 Å². The molecule has 0 aliphatic carbocycles. The van der Waals surface area contributed by atoms with Crippen molar-refractivity contribution in [1.82, 2.24) is 14.7 Å². The number of hydrogen-bond acceptors (Lipinski definition) is 4. The summed E-state index contributed by atoms with van der Waals surface area (Å²) >= 11 is 7.99. The Hall–Kier alpha value is -3.42. The molecule has 2 heterocycles. The summed E-state index contributed by atoms with van der Waals surface area (Å²) in [6.07, 6.45) is 2.06. The third kappa shape index (κ3) is 6.38. The second-order valence-electron chi connectivity index (χ2n) is 8.12. The maximum absolute atomic E-state index is 13.1. The molecule has 0 unspecified atom stereocenters. The van der Waals surface area contributed by atoms with Gasteiger partial charge in [-0.2, -0.15) is 5.10 Å². The summed E-state index contributed by atoms with van der Waals surface area (Å²) in [7, 11) is 0. The van der Waals surface area contributed by atoms with Gasteiger partial charge in [-0.15, -0.1) is 11.3 Å². The SMILES string of the molecule is CCCCN(CC(=O)Nc1cc(-c2ccccc2)nn1-c1ccccc1Cl)C(=O)Cc1cccs1. The molecular formula is C27H27ClN4O2S. The van der Waals surface area contributed by atoms with Crippen LogP contribution in [0.15, 0.2) is 78.2 Å². The van der Waals surface area contributed by atoms with Gasteiger partial charge in [0, 0.05) is 23.1 Å². The maximum atomic E-state index is 13.1. The first-order valence-corrected chi connectivity index (χ1v) is 12.8. The summed E-state index contributed by atoms with van der Waals surface area (Å²) in [5, 5.41) is 10.1. The highest BCUT2D eigenvalue weighted by Gasteiger charge is 2.20. The van der Waals surface area contributed by atoms with Crippen molar-refractivity contribution in [2.24, 2.45) is 0 Å².